The molecule has 9 heteroatoms. The molecule has 4 rings (SSSR count). The second-order valence-corrected chi connectivity index (χ2v) is 10.5. The van der Waals surface area contributed by atoms with Gasteiger partial charge >= 0.3 is 0 Å². The number of hydrogen-bond acceptors (Lipinski definition) is 5. The van der Waals surface area contributed by atoms with Crippen LogP contribution in [0.4, 0.5) is 4.39 Å². The number of hydrogen-bond donors (Lipinski definition) is 1. The predicted molar refractivity (Wildman–Crippen MR) is 128 cm³/mol. The van der Waals surface area contributed by atoms with Gasteiger partial charge in [-0.1, -0.05) is 36.4 Å². The molecule has 2 amide bonds. The van der Waals surface area contributed by atoms with Crippen LogP contribution in [0, 0.1) is 11.7 Å². The molecule has 1 aliphatic rings. The van der Waals surface area contributed by atoms with Gasteiger partial charge in [0.2, 0.25) is 5.91 Å². The third-order valence-electron chi connectivity index (χ3n) is 6.19. The molecule has 184 valence electrons. The molecule has 0 atom stereocenters. The third-order valence-corrected chi connectivity index (χ3v) is 7.87. The molecule has 1 fully saturated rings. The minimum atomic E-state index is -3.63. The number of piperidine rings is 1. The van der Waals surface area contributed by atoms with Gasteiger partial charge in [-0.05, 0) is 49.1 Å². The highest BCUT2D eigenvalue weighted by atomic mass is 32.2. The number of benzene rings is 2. The Morgan fingerprint density at radius 3 is 2.37 bits per heavy atom. The number of rotatable bonds is 8. The molecule has 7 nitrogen and oxygen atoms in total. The lowest BCUT2D eigenvalue weighted by Crippen LogP contribution is -2.43. The topological polar surface area (TPSA) is 96.7 Å². The Kier molecular flexibility index (Phi) is 7.65. The molecule has 2 heterocycles. The zero-order valence-electron chi connectivity index (χ0n) is 19.2. The summed E-state index contributed by atoms with van der Waals surface area (Å²) in [5.74, 6) is -1.35. The van der Waals surface area contributed by atoms with E-state index in [0.29, 0.717) is 50.0 Å². The molecule has 3 aromatic rings. The lowest BCUT2D eigenvalue weighted by Gasteiger charge is -2.31. The van der Waals surface area contributed by atoms with E-state index >= 15 is 0 Å². The van der Waals surface area contributed by atoms with Crippen LogP contribution in [0.3, 0.4) is 0 Å². The second-order valence-electron chi connectivity index (χ2n) is 8.55. The molecular weight excluding hydrogens is 471 g/mol. The summed E-state index contributed by atoms with van der Waals surface area (Å²) in [7, 11) is -3.63. The van der Waals surface area contributed by atoms with Gasteiger partial charge in [0, 0.05) is 31.1 Å². The van der Waals surface area contributed by atoms with Crippen molar-refractivity contribution in [1.82, 2.24) is 10.2 Å². The number of carbonyl (C=O) groups is 2. The zero-order chi connectivity index (χ0) is 24.8. The van der Waals surface area contributed by atoms with Gasteiger partial charge in [-0.15, -0.1) is 0 Å². The van der Waals surface area contributed by atoms with Gasteiger partial charge in [-0.3, -0.25) is 9.59 Å². The molecule has 0 spiro atoms. The number of amides is 2. The van der Waals surface area contributed by atoms with Crippen molar-refractivity contribution in [3.8, 4) is 0 Å². The summed E-state index contributed by atoms with van der Waals surface area (Å²) in [5.41, 5.74) is 0.864. The summed E-state index contributed by atoms with van der Waals surface area (Å²) in [6.45, 7) is 1.05. The molecule has 0 aliphatic carbocycles. The number of sulfone groups is 1. The first-order valence-electron chi connectivity index (χ1n) is 11.5. The highest BCUT2D eigenvalue weighted by Gasteiger charge is 2.31. The fourth-order valence-electron chi connectivity index (χ4n) is 4.21. The van der Waals surface area contributed by atoms with Gasteiger partial charge < -0.3 is 14.6 Å². The van der Waals surface area contributed by atoms with Crippen molar-refractivity contribution in [2.24, 2.45) is 5.92 Å². The predicted octanol–water partition coefficient (Wildman–Crippen LogP) is 3.60. The smallest absolute Gasteiger partial charge is 0.289 e. The number of likely N-dealkylation sites (tertiary alicyclic amines) is 1. The standard InChI is InChI=1S/C26H27FN2O5S/c27-23-9-5-4-6-19(23)10-14-28-25(30)20-11-15-29(16-12-20)26(31)24-21(13-17-34-24)18-35(32,33)22-7-2-1-3-8-22/h1-9,13,17,20H,10-12,14-16,18H2,(H,28,30). The molecule has 0 bridgehead atoms. The summed E-state index contributed by atoms with van der Waals surface area (Å²) in [6, 6.07) is 16.0. The van der Waals surface area contributed by atoms with Crippen LogP contribution in [-0.2, 0) is 26.8 Å². The lowest BCUT2D eigenvalue weighted by molar-refractivity contribution is -0.126. The molecule has 0 saturated carbocycles. The first-order valence-corrected chi connectivity index (χ1v) is 13.1. The zero-order valence-corrected chi connectivity index (χ0v) is 20.0. The van der Waals surface area contributed by atoms with E-state index in [9.17, 15) is 22.4 Å². The monoisotopic (exact) mass is 498 g/mol. The van der Waals surface area contributed by atoms with E-state index in [2.05, 4.69) is 5.32 Å². The highest BCUT2D eigenvalue weighted by Crippen LogP contribution is 2.24. The van der Waals surface area contributed by atoms with E-state index in [4.69, 9.17) is 4.42 Å². The summed E-state index contributed by atoms with van der Waals surface area (Å²) < 4.78 is 44.6. The Morgan fingerprint density at radius 1 is 0.971 bits per heavy atom. The number of furan rings is 1. The van der Waals surface area contributed by atoms with Gasteiger partial charge in [0.1, 0.15) is 5.82 Å². The van der Waals surface area contributed by atoms with Crippen LogP contribution < -0.4 is 5.32 Å². The van der Waals surface area contributed by atoms with E-state index < -0.39 is 9.84 Å². The van der Waals surface area contributed by atoms with Crippen LogP contribution in [0.25, 0.3) is 0 Å². The Hall–Kier alpha value is -3.46. The lowest BCUT2D eigenvalue weighted by atomic mass is 9.95. The van der Waals surface area contributed by atoms with Crippen LogP contribution in [0.1, 0.15) is 34.5 Å². The van der Waals surface area contributed by atoms with Gasteiger partial charge in [0.25, 0.3) is 5.91 Å². The Labute approximate surface area is 203 Å². The molecule has 0 radical (unpaired) electrons. The van der Waals surface area contributed by atoms with Crippen LogP contribution >= 0.6 is 0 Å². The molecule has 1 aliphatic heterocycles. The second kappa shape index (κ2) is 10.9. The normalized spacial score (nSPS) is 14.6. The summed E-state index contributed by atoms with van der Waals surface area (Å²) in [4.78, 5) is 27.3. The van der Waals surface area contributed by atoms with Crippen LogP contribution in [0.2, 0.25) is 0 Å². The van der Waals surface area contributed by atoms with E-state index in [1.54, 1.807) is 41.3 Å². The summed E-state index contributed by atoms with van der Waals surface area (Å²) in [6.07, 6.45) is 2.69. The first kappa shape index (κ1) is 24.7. The number of nitrogens with one attached hydrogen (secondary N) is 1. The molecule has 2 aromatic carbocycles. The van der Waals surface area contributed by atoms with Crippen molar-refractivity contribution in [2.45, 2.75) is 29.9 Å². The Morgan fingerprint density at radius 2 is 1.66 bits per heavy atom. The van der Waals surface area contributed by atoms with Crippen LogP contribution in [0.15, 0.2) is 76.2 Å². The maximum absolute atomic E-state index is 13.7. The summed E-state index contributed by atoms with van der Waals surface area (Å²) >= 11 is 0. The van der Waals surface area contributed by atoms with Gasteiger partial charge in [0.15, 0.2) is 15.6 Å². The van der Waals surface area contributed by atoms with Gasteiger partial charge in [-0.2, -0.15) is 0 Å². The minimum absolute atomic E-state index is 0.0114. The van der Waals surface area contributed by atoms with E-state index in [1.165, 1.54) is 30.5 Å². The van der Waals surface area contributed by atoms with Crippen molar-refractivity contribution >= 4 is 21.7 Å². The molecular formula is C26H27FN2O5S. The minimum Gasteiger partial charge on any atom is -0.459 e. The average Bonchev–Trinajstić information content (AvgIpc) is 3.32. The highest BCUT2D eigenvalue weighted by molar-refractivity contribution is 7.90. The SMILES string of the molecule is O=C(NCCc1ccccc1F)C1CCN(C(=O)c2occc2CS(=O)(=O)c2ccccc2)CC1. The van der Waals surface area contributed by atoms with Crippen molar-refractivity contribution < 1.29 is 26.8 Å². The number of nitrogens with zero attached hydrogens (tertiary/aromatic N) is 1. The van der Waals surface area contributed by atoms with Crippen LogP contribution in [0.5, 0.6) is 0 Å². The molecule has 35 heavy (non-hydrogen) atoms. The van der Waals surface area contributed by atoms with Crippen LogP contribution in [-0.4, -0.2) is 44.8 Å². The maximum atomic E-state index is 13.7. The third kappa shape index (κ3) is 5.97. The van der Waals surface area contributed by atoms with Crippen molar-refractivity contribution in [3.05, 3.63) is 89.6 Å². The largest absolute Gasteiger partial charge is 0.459 e. The van der Waals surface area contributed by atoms with E-state index in [0.717, 1.165) is 0 Å². The summed E-state index contributed by atoms with van der Waals surface area (Å²) in [5, 5.41) is 2.86. The number of carbonyl (C=O) groups excluding carboxylic acids is 2. The quantitative estimate of drug-likeness (QED) is 0.512. The molecule has 1 saturated heterocycles. The fourth-order valence-corrected chi connectivity index (χ4v) is 5.58. The molecule has 1 N–H and O–H groups in total. The van der Waals surface area contributed by atoms with E-state index in [1.807, 2.05) is 0 Å². The Balaban J connectivity index is 1.30. The number of halogens is 1. The first-order chi connectivity index (χ1) is 16.8. The van der Waals surface area contributed by atoms with Crippen molar-refractivity contribution in [1.29, 1.82) is 0 Å². The Bertz CT molecular complexity index is 1280. The van der Waals surface area contributed by atoms with Gasteiger partial charge in [0.05, 0.1) is 16.9 Å². The van der Waals surface area contributed by atoms with Crippen molar-refractivity contribution in [3.63, 3.8) is 0 Å². The molecule has 1 aromatic heterocycles. The van der Waals surface area contributed by atoms with E-state index in [-0.39, 0.29) is 40.0 Å². The van der Waals surface area contributed by atoms with Gasteiger partial charge in [-0.25, -0.2) is 12.8 Å². The fraction of sp³-hybridized carbons (Fsp3) is 0.308. The average molecular weight is 499 g/mol. The van der Waals surface area contributed by atoms with Crippen molar-refractivity contribution in [2.75, 3.05) is 19.6 Å². The maximum Gasteiger partial charge on any atom is 0.289 e. The molecule has 0 unspecified atom stereocenters.